The molecule has 4 aliphatic heterocycles. The zero-order valence-corrected chi connectivity index (χ0v) is 32.0. The second-order valence-electron chi connectivity index (χ2n) is 16.3. The van der Waals surface area contributed by atoms with Gasteiger partial charge in [-0.15, -0.1) is 0 Å². The van der Waals surface area contributed by atoms with Crippen LogP contribution in [-0.4, -0.2) is 83.4 Å². The molecule has 5 aliphatic rings. The number of hydrogen-bond donors (Lipinski definition) is 1. The van der Waals surface area contributed by atoms with Gasteiger partial charge in [0.05, 0.1) is 28.3 Å². The molecule has 4 amide bonds. The summed E-state index contributed by atoms with van der Waals surface area (Å²) in [6.07, 6.45) is 4.05. The summed E-state index contributed by atoms with van der Waals surface area (Å²) < 4.78 is 5.53. The summed E-state index contributed by atoms with van der Waals surface area (Å²) in [4.78, 5) is 59.1. The van der Waals surface area contributed by atoms with Gasteiger partial charge in [-0.25, -0.2) is 0 Å². The molecule has 5 heterocycles. The van der Waals surface area contributed by atoms with Crippen LogP contribution in [0.1, 0.15) is 81.8 Å². The minimum atomic E-state index is -0.973. The fourth-order valence-electron chi connectivity index (χ4n) is 9.27. The molecular weight excluding hydrogens is 707 g/mol. The number of nitrogens with one attached hydrogen (secondary N) is 1. The van der Waals surface area contributed by atoms with Gasteiger partial charge in [0, 0.05) is 73.7 Å². The Labute approximate surface area is 326 Å². The molecule has 56 heavy (non-hydrogen) atoms. The number of carbonyl (C=O) groups excluding carboxylic acids is 4. The molecule has 0 spiro atoms. The number of benzene rings is 3. The van der Waals surface area contributed by atoms with Crippen LogP contribution in [-0.2, 0) is 15.0 Å². The highest BCUT2D eigenvalue weighted by atomic mass is 16.5. The second-order valence-corrected chi connectivity index (χ2v) is 16.3. The summed E-state index contributed by atoms with van der Waals surface area (Å²) in [6, 6.07) is 22.6. The van der Waals surface area contributed by atoms with Gasteiger partial charge in [-0.1, -0.05) is 29.4 Å². The lowest BCUT2D eigenvalue weighted by Gasteiger charge is -2.49. The molecule has 0 bridgehead atoms. The van der Waals surface area contributed by atoms with Gasteiger partial charge in [0.25, 0.3) is 11.8 Å². The van der Waals surface area contributed by atoms with Gasteiger partial charge in [0.2, 0.25) is 11.8 Å². The predicted octanol–water partition coefficient (Wildman–Crippen LogP) is 5.96. The highest BCUT2D eigenvalue weighted by Gasteiger charge is 2.46. The minimum absolute atomic E-state index is 0.0937. The summed E-state index contributed by atoms with van der Waals surface area (Å²) >= 11 is 0. The molecule has 3 saturated heterocycles. The SMILES string of the molecule is Cc1ccc(-c2c(C)noc2C)cc1N(CC1CN(C2CCN(c3ccc4c(c3)C(=O)N(C3CCC(=O)NC3=O)C4=O)CC2)C1)c1ccc(C2(C#N)CC2)cc1. The largest absolute Gasteiger partial charge is 0.371 e. The van der Waals surface area contributed by atoms with Crippen LogP contribution in [0.25, 0.3) is 11.1 Å². The second kappa shape index (κ2) is 13.7. The van der Waals surface area contributed by atoms with Crippen LogP contribution in [0.2, 0.25) is 0 Å². The van der Waals surface area contributed by atoms with Crippen LogP contribution in [0, 0.1) is 38.0 Å². The number of nitriles is 1. The maximum Gasteiger partial charge on any atom is 0.262 e. The summed E-state index contributed by atoms with van der Waals surface area (Å²) in [5.74, 6) is -0.684. The maximum absolute atomic E-state index is 13.4. The lowest BCUT2D eigenvalue weighted by Crippen LogP contribution is -2.57. The van der Waals surface area contributed by atoms with Crippen LogP contribution in [0.5, 0.6) is 0 Å². The van der Waals surface area contributed by atoms with E-state index in [4.69, 9.17) is 4.52 Å². The highest BCUT2D eigenvalue weighted by molar-refractivity contribution is 6.23. The van der Waals surface area contributed by atoms with Gasteiger partial charge in [-0.05, 0) is 106 Å². The fraction of sp³-hybridized carbons (Fsp3) is 0.409. The van der Waals surface area contributed by atoms with E-state index in [1.165, 1.54) is 5.56 Å². The standard InChI is InChI=1S/C44H45N7O5/c1-26-4-5-30(40-27(2)47-56-28(40)3)20-38(26)50(33-8-6-31(7-9-33)44(25-45)16-17-44)24-29-22-49(23-29)32-14-18-48(19-15-32)34-10-11-35-36(21-34)43(55)51(42(35)54)37-12-13-39(52)46-41(37)53/h4-11,20-21,29,32,37H,12-19,22-24H2,1-3H3,(H,46,52,53). The fourth-order valence-corrected chi connectivity index (χ4v) is 9.27. The number of piperidine rings is 2. The number of amides is 4. The van der Waals surface area contributed by atoms with Gasteiger partial charge in [-0.3, -0.25) is 34.3 Å². The number of nitrogens with zero attached hydrogens (tertiary/aromatic N) is 6. The van der Waals surface area contributed by atoms with Crippen molar-refractivity contribution in [1.82, 2.24) is 20.3 Å². The van der Waals surface area contributed by atoms with Gasteiger partial charge in [0.15, 0.2) is 0 Å². The van der Waals surface area contributed by atoms with Crippen molar-refractivity contribution in [3.8, 4) is 17.2 Å². The Kier molecular flexibility index (Phi) is 8.80. The summed E-state index contributed by atoms with van der Waals surface area (Å²) in [5.41, 5.74) is 8.71. The van der Waals surface area contributed by atoms with E-state index in [1.807, 2.05) is 19.9 Å². The van der Waals surface area contributed by atoms with E-state index in [1.54, 1.807) is 12.1 Å². The number of carbonyl (C=O) groups is 4. The highest BCUT2D eigenvalue weighted by Crippen LogP contribution is 2.48. The van der Waals surface area contributed by atoms with Crippen molar-refractivity contribution in [3.63, 3.8) is 0 Å². The number of rotatable bonds is 9. The van der Waals surface area contributed by atoms with E-state index in [0.29, 0.717) is 23.1 Å². The maximum atomic E-state index is 13.4. The number of imide groups is 2. The van der Waals surface area contributed by atoms with Crippen molar-refractivity contribution in [2.75, 3.05) is 42.5 Å². The van der Waals surface area contributed by atoms with Crippen molar-refractivity contribution >= 4 is 40.7 Å². The van der Waals surface area contributed by atoms with Crippen molar-refractivity contribution < 1.29 is 23.7 Å². The minimum Gasteiger partial charge on any atom is -0.371 e. The molecule has 286 valence electrons. The van der Waals surface area contributed by atoms with E-state index in [9.17, 15) is 24.4 Å². The Bertz CT molecular complexity index is 2290. The molecule has 4 aromatic rings. The summed E-state index contributed by atoms with van der Waals surface area (Å²) in [6.45, 7) is 10.6. The van der Waals surface area contributed by atoms with Gasteiger partial charge < -0.3 is 14.3 Å². The van der Waals surface area contributed by atoms with Crippen molar-refractivity contribution in [2.45, 2.75) is 76.8 Å². The van der Waals surface area contributed by atoms with E-state index in [2.05, 4.69) is 80.6 Å². The zero-order valence-electron chi connectivity index (χ0n) is 32.0. The zero-order chi connectivity index (χ0) is 38.9. The number of aryl methyl sites for hydroxylation is 3. The molecule has 1 saturated carbocycles. The summed E-state index contributed by atoms with van der Waals surface area (Å²) in [7, 11) is 0. The first-order chi connectivity index (χ1) is 27.0. The number of likely N-dealkylation sites (tertiary alicyclic amines) is 1. The van der Waals surface area contributed by atoms with Gasteiger partial charge >= 0.3 is 0 Å². The first-order valence-corrected chi connectivity index (χ1v) is 19.7. The number of aromatic nitrogens is 1. The lowest BCUT2D eigenvalue weighted by atomic mass is 9.91. The van der Waals surface area contributed by atoms with Gasteiger partial charge in [0.1, 0.15) is 11.8 Å². The average Bonchev–Trinajstić information content (AvgIpc) is 3.87. The molecule has 12 heteroatoms. The Balaban J connectivity index is 0.868. The molecule has 1 unspecified atom stereocenters. The molecule has 1 aromatic heterocycles. The van der Waals surface area contributed by atoms with Crippen LogP contribution >= 0.6 is 0 Å². The first kappa shape index (κ1) is 35.9. The molecule has 12 nitrogen and oxygen atoms in total. The normalized spacial score (nSPS) is 21.1. The Morgan fingerprint density at radius 2 is 1.64 bits per heavy atom. The lowest BCUT2D eigenvalue weighted by molar-refractivity contribution is -0.136. The topological polar surface area (TPSA) is 143 Å². The summed E-state index contributed by atoms with van der Waals surface area (Å²) in [5, 5.41) is 16.3. The van der Waals surface area contributed by atoms with Crippen LogP contribution in [0.3, 0.4) is 0 Å². The third kappa shape index (κ3) is 6.14. The predicted molar refractivity (Wildman–Crippen MR) is 210 cm³/mol. The number of anilines is 3. The molecule has 9 rings (SSSR count). The van der Waals surface area contributed by atoms with Crippen LogP contribution in [0.4, 0.5) is 17.1 Å². The van der Waals surface area contributed by atoms with Crippen molar-refractivity contribution in [1.29, 1.82) is 5.26 Å². The third-order valence-electron chi connectivity index (χ3n) is 12.7. The van der Waals surface area contributed by atoms with Crippen LogP contribution < -0.4 is 15.1 Å². The van der Waals surface area contributed by atoms with E-state index < -0.39 is 23.8 Å². The number of hydrogen-bond acceptors (Lipinski definition) is 10. The van der Waals surface area contributed by atoms with Crippen molar-refractivity contribution in [2.24, 2.45) is 5.92 Å². The van der Waals surface area contributed by atoms with Crippen molar-refractivity contribution in [3.05, 3.63) is 94.4 Å². The number of fused-ring (bicyclic) bond motifs is 1. The quantitative estimate of drug-likeness (QED) is 0.204. The Hall–Kier alpha value is -5.80. The Morgan fingerprint density at radius 1 is 0.911 bits per heavy atom. The monoisotopic (exact) mass is 751 g/mol. The molecule has 1 atom stereocenters. The molecular formula is C44H45N7O5. The van der Waals surface area contributed by atoms with E-state index in [0.717, 1.165) is 109 Å². The molecule has 4 fully saturated rings. The average molecular weight is 752 g/mol. The van der Waals surface area contributed by atoms with E-state index >= 15 is 0 Å². The molecule has 1 N–H and O–H groups in total. The van der Waals surface area contributed by atoms with E-state index in [-0.39, 0.29) is 24.2 Å². The van der Waals surface area contributed by atoms with Gasteiger partial charge in [-0.2, -0.15) is 5.26 Å². The smallest absolute Gasteiger partial charge is 0.262 e. The third-order valence-corrected chi connectivity index (χ3v) is 12.7. The molecule has 0 radical (unpaired) electrons. The molecule has 1 aliphatic carbocycles. The first-order valence-electron chi connectivity index (χ1n) is 19.7. The Morgan fingerprint density at radius 3 is 2.30 bits per heavy atom. The molecule has 3 aromatic carbocycles. The van der Waals surface area contributed by atoms with Crippen LogP contribution in [0.15, 0.2) is 65.2 Å².